The molecule has 3 rings (SSSR count). The summed E-state index contributed by atoms with van der Waals surface area (Å²) in [5, 5.41) is 11.1. The summed E-state index contributed by atoms with van der Waals surface area (Å²) >= 11 is 1.33. The van der Waals surface area contributed by atoms with Crippen LogP contribution in [-0.4, -0.2) is 28.6 Å². The molecule has 146 valence electrons. The molecule has 0 aliphatic heterocycles. The molecule has 0 aliphatic carbocycles. The standard InChI is InChI=1S/C20H21N3O4S/c1-4-27-10-9-22-17-12-16(23(25)26)7-8-18(17)28-20(22)21-19(24)15-6-5-13(2)14(3)11-15/h5-8,11-12H,4,9-10H2,1-3H3. The predicted molar refractivity (Wildman–Crippen MR) is 109 cm³/mol. The number of thiazole rings is 1. The number of fused-ring (bicyclic) bond motifs is 1. The molecule has 3 aromatic rings. The molecule has 0 saturated heterocycles. The van der Waals surface area contributed by atoms with Gasteiger partial charge in [-0.15, -0.1) is 0 Å². The third-order valence-corrected chi connectivity index (χ3v) is 5.55. The van der Waals surface area contributed by atoms with Gasteiger partial charge in [0.25, 0.3) is 11.6 Å². The zero-order valence-electron chi connectivity index (χ0n) is 16.0. The van der Waals surface area contributed by atoms with Crippen LogP contribution in [0, 0.1) is 24.0 Å². The minimum atomic E-state index is -0.430. The Morgan fingerprint density at radius 1 is 1.21 bits per heavy atom. The highest BCUT2D eigenvalue weighted by molar-refractivity contribution is 7.16. The highest BCUT2D eigenvalue weighted by atomic mass is 32.1. The van der Waals surface area contributed by atoms with Gasteiger partial charge < -0.3 is 9.30 Å². The van der Waals surface area contributed by atoms with Crippen LogP contribution >= 0.6 is 11.3 Å². The monoisotopic (exact) mass is 399 g/mol. The Morgan fingerprint density at radius 3 is 2.68 bits per heavy atom. The van der Waals surface area contributed by atoms with Gasteiger partial charge in [-0.25, -0.2) is 0 Å². The zero-order valence-corrected chi connectivity index (χ0v) is 16.8. The lowest BCUT2D eigenvalue weighted by atomic mass is 10.1. The van der Waals surface area contributed by atoms with E-state index in [1.54, 1.807) is 12.1 Å². The number of carbonyl (C=O) groups is 1. The summed E-state index contributed by atoms with van der Waals surface area (Å²) in [6, 6.07) is 10.1. The van der Waals surface area contributed by atoms with Gasteiger partial charge in [0.05, 0.1) is 21.7 Å². The van der Waals surface area contributed by atoms with Gasteiger partial charge in [0, 0.05) is 30.8 Å². The average Bonchev–Trinajstić information content (AvgIpc) is 3.00. The number of carbonyl (C=O) groups excluding carboxylic acids is 1. The number of nitro groups is 1. The number of ether oxygens (including phenoxy) is 1. The molecule has 0 spiro atoms. The lowest BCUT2D eigenvalue weighted by molar-refractivity contribution is -0.384. The lowest BCUT2D eigenvalue weighted by Gasteiger charge is -2.05. The van der Waals surface area contributed by atoms with E-state index in [1.165, 1.54) is 23.5 Å². The summed E-state index contributed by atoms with van der Waals surface area (Å²) < 4.78 is 8.06. The maximum Gasteiger partial charge on any atom is 0.279 e. The van der Waals surface area contributed by atoms with E-state index in [0.29, 0.717) is 35.6 Å². The largest absolute Gasteiger partial charge is 0.380 e. The van der Waals surface area contributed by atoms with Crippen molar-refractivity contribution in [3.05, 3.63) is 68.0 Å². The number of benzene rings is 2. The van der Waals surface area contributed by atoms with Gasteiger partial charge in [-0.2, -0.15) is 4.99 Å². The van der Waals surface area contributed by atoms with Crippen molar-refractivity contribution in [2.75, 3.05) is 13.2 Å². The first-order valence-electron chi connectivity index (χ1n) is 8.92. The molecule has 2 aromatic carbocycles. The summed E-state index contributed by atoms with van der Waals surface area (Å²) in [7, 11) is 0. The molecular weight excluding hydrogens is 378 g/mol. The van der Waals surface area contributed by atoms with Crippen molar-refractivity contribution >= 4 is 33.1 Å². The number of aromatic nitrogens is 1. The minimum absolute atomic E-state index is 0.00231. The van der Waals surface area contributed by atoms with E-state index in [0.717, 1.165) is 15.8 Å². The van der Waals surface area contributed by atoms with Gasteiger partial charge in [-0.3, -0.25) is 14.9 Å². The first kappa shape index (κ1) is 19.9. The second kappa shape index (κ2) is 8.45. The van der Waals surface area contributed by atoms with Crippen molar-refractivity contribution in [2.24, 2.45) is 4.99 Å². The van der Waals surface area contributed by atoms with Gasteiger partial charge in [0.2, 0.25) is 0 Å². The molecule has 0 atom stereocenters. The van der Waals surface area contributed by atoms with E-state index < -0.39 is 4.92 Å². The number of non-ortho nitro benzene ring substituents is 1. The molecule has 0 saturated carbocycles. The maximum atomic E-state index is 12.7. The fourth-order valence-electron chi connectivity index (χ4n) is 2.80. The van der Waals surface area contributed by atoms with Crippen LogP contribution in [0.3, 0.4) is 0 Å². The van der Waals surface area contributed by atoms with E-state index in [4.69, 9.17) is 4.74 Å². The second-order valence-corrected chi connectivity index (χ2v) is 7.37. The zero-order chi connectivity index (χ0) is 20.3. The molecule has 7 nitrogen and oxygen atoms in total. The Labute approximate surface area is 166 Å². The van der Waals surface area contributed by atoms with E-state index in [2.05, 4.69) is 4.99 Å². The molecule has 0 unspecified atom stereocenters. The minimum Gasteiger partial charge on any atom is -0.380 e. The quantitative estimate of drug-likeness (QED) is 0.356. The van der Waals surface area contributed by atoms with E-state index in [9.17, 15) is 14.9 Å². The summed E-state index contributed by atoms with van der Waals surface area (Å²) in [4.78, 5) is 28.2. The molecule has 28 heavy (non-hydrogen) atoms. The Bertz CT molecular complexity index is 1110. The van der Waals surface area contributed by atoms with Crippen molar-refractivity contribution in [3.63, 3.8) is 0 Å². The summed E-state index contributed by atoms with van der Waals surface area (Å²) in [6.07, 6.45) is 0. The van der Waals surface area contributed by atoms with Crippen LogP contribution in [0.15, 0.2) is 41.4 Å². The van der Waals surface area contributed by atoms with E-state index in [1.807, 2.05) is 37.5 Å². The lowest BCUT2D eigenvalue weighted by Crippen LogP contribution is -2.19. The van der Waals surface area contributed by atoms with E-state index >= 15 is 0 Å². The SMILES string of the molecule is CCOCCn1c(=NC(=O)c2ccc(C)c(C)c2)sc2ccc([N+](=O)[O-])cc21. The van der Waals surface area contributed by atoms with Crippen molar-refractivity contribution in [1.82, 2.24) is 4.57 Å². The van der Waals surface area contributed by atoms with Gasteiger partial charge in [0.15, 0.2) is 4.80 Å². The maximum absolute atomic E-state index is 12.7. The number of nitro benzene ring substituents is 1. The Balaban J connectivity index is 2.10. The second-order valence-electron chi connectivity index (χ2n) is 6.36. The number of rotatable bonds is 6. The Hall–Kier alpha value is -2.84. The summed E-state index contributed by atoms with van der Waals surface area (Å²) in [5.41, 5.74) is 3.32. The molecule has 0 bridgehead atoms. The molecule has 1 aromatic heterocycles. The van der Waals surface area contributed by atoms with Crippen molar-refractivity contribution in [2.45, 2.75) is 27.3 Å². The average molecular weight is 399 g/mol. The fraction of sp³-hybridized carbons (Fsp3) is 0.300. The first-order chi connectivity index (χ1) is 13.4. The highest BCUT2D eigenvalue weighted by Gasteiger charge is 2.14. The topological polar surface area (TPSA) is 86.7 Å². The van der Waals surface area contributed by atoms with Crippen LogP contribution in [0.2, 0.25) is 0 Å². The smallest absolute Gasteiger partial charge is 0.279 e. The molecule has 8 heteroatoms. The highest BCUT2D eigenvalue weighted by Crippen LogP contribution is 2.23. The predicted octanol–water partition coefficient (Wildman–Crippen LogP) is 4.01. The van der Waals surface area contributed by atoms with Crippen molar-refractivity contribution < 1.29 is 14.5 Å². The van der Waals surface area contributed by atoms with Gasteiger partial charge in [-0.05, 0) is 50.1 Å². The van der Waals surface area contributed by atoms with Crippen LogP contribution in [0.4, 0.5) is 5.69 Å². The molecule has 0 aliphatic rings. The molecule has 0 fully saturated rings. The van der Waals surface area contributed by atoms with Gasteiger partial charge in [-0.1, -0.05) is 17.4 Å². The van der Waals surface area contributed by atoms with E-state index in [-0.39, 0.29) is 11.6 Å². The number of hydrogen-bond donors (Lipinski definition) is 0. The van der Waals surface area contributed by atoms with Crippen LogP contribution in [0.25, 0.3) is 10.2 Å². The number of amides is 1. The third-order valence-electron chi connectivity index (χ3n) is 4.49. The molecule has 1 amide bonds. The van der Waals surface area contributed by atoms with Crippen LogP contribution < -0.4 is 4.80 Å². The number of nitrogens with zero attached hydrogens (tertiary/aromatic N) is 3. The molecular formula is C20H21N3O4S. The normalized spacial score (nSPS) is 11.9. The summed E-state index contributed by atoms with van der Waals surface area (Å²) in [5.74, 6) is -0.339. The van der Waals surface area contributed by atoms with Crippen LogP contribution in [0.1, 0.15) is 28.4 Å². The third kappa shape index (κ3) is 4.18. The molecule has 0 N–H and O–H groups in total. The van der Waals surface area contributed by atoms with Gasteiger partial charge in [0.1, 0.15) is 0 Å². The Kier molecular flexibility index (Phi) is 6.01. The molecule has 0 radical (unpaired) electrons. The number of hydrogen-bond acceptors (Lipinski definition) is 5. The van der Waals surface area contributed by atoms with Gasteiger partial charge >= 0.3 is 0 Å². The number of aryl methyl sites for hydroxylation is 2. The summed E-state index contributed by atoms with van der Waals surface area (Å²) in [6.45, 7) is 7.28. The molecule has 1 heterocycles. The Morgan fingerprint density at radius 2 is 2.00 bits per heavy atom. The fourth-order valence-corrected chi connectivity index (χ4v) is 3.83. The van der Waals surface area contributed by atoms with Crippen molar-refractivity contribution in [1.29, 1.82) is 0 Å². The first-order valence-corrected chi connectivity index (χ1v) is 9.74. The van der Waals surface area contributed by atoms with Crippen molar-refractivity contribution in [3.8, 4) is 0 Å². The van der Waals surface area contributed by atoms with Crippen LogP contribution in [0.5, 0.6) is 0 Å². The van der Waals surface area contributed by atoms with Crippen LogP contribution in [-0.2, 0) is 11.3 Å².